The SMILES string of the molecule is COCCNC(=O)NCc1ncccc1F. The highest BCUT2D eigenvalue weighted by molar-refractivity contribution is 5.73. The van der Waals surface area contributed by atoms with Crippen LogP contribution in [0.3, 0.4) is 0 Å². The van der Waals surface area contributed by atoms with E-state index in [1.165, 1.54) is 18.3 Å². The van der Waals surface area contributed by atoms with Crippen LogP contribution < -0.4 is 10.6 Å². The lowest BCUT2D eigenvalue weighted by Gasteiger charge is -2.06. The van der Waals surface area contributed by atoms with E-state index in [2.05, 4.69) is 15.6 Å². The maximum Gasteiger partial charge on any atom is 0.315 e. The van der Waals surface area contributed by atoms with Crippen molar-refractivity contribution in [3.05, 3.63) is 29.8 Å². The fourth-order valence-electron chi connectivity index (χ4n) is 1.04. The Morgan fingerprint density at radius 2 is 2.38 bits per heavy atom. The van der Waals surface area contributed by atoms with E-state index in [0.717, 1.165) is 0 Å². The molecule has 2 amide bonds. The van der Waals surface area contributed by atoms with Gasteiger partial charge < -0.3 is 15.4 Å². The number of carbonyl (C=O) groups is 1. The first-order valence-electron chi connectivity index (χ1n) is 4.84. The molecule has 0 unspecified atom stereocenters. The van der Waals surface area contributed by atoms with Crippen molar-refractivity contribution >= 4 is 6.03 Å². The second-order valence-corrected chi connectivity index (χ2v) is 3.03. The predicted molar refractivity (Wildman–Crippen MR) is 56.3 cm³/mol. The van der Waals surface area contributed by atoms with Crippen LogP contribution in [0.15, 0.2) is 18.3 Å². The third-order valence-electron chi connectivity index (χ3n) is 1.84. The highest BCUT2D eigenvalue weighted by Gasteiger charge is 2.04. The van der Waals surface area contributed by atoms with Gasteiger partial charge in [-0.3, -0.25) is 4.98 Å². The second-order valence-electron chi connectivity index (χ2n) is 3.03. The number of nitrogens with zero attached hydrogens (tertiary/aromatic N) is 1. The van der Waals surface area contributed by atoms with Crippen LogP contribution >= 0.6 is 0 Å². The molecule has 1 heterocycles. The zero-order valence-corrected chi connectivity index (χ0v) is 9.00. The molecule has 6 heteroatoms. The lowest BCUT2D eigenvalue weighted by molar-refractivity contribution is 0.195. The fourth-order valence-corrected chi connectivity index (χ4v) is 1.04. The van der Waals surface area contributed by atoms with Gasteiger partial charge in [0.15, 0.2) is 0 Å². The van der Waals surface area contributed by atoms with Crippen molar-refractivity contribution in [1.82, 2.24) is 15.6 Å². The number of carbonyl (C=O) groups excluding carboxylic acids is 1. The molecule has 5 nitrogen and oxygen atoms in total. The molecular weight excluding hydrogens is 213 g/mol. The second kappa shape index (κ2) is 6.73. The Hall–Kier alpha value is -1.69. The Bertz CT molecular complexity index is 347. The first kappa shape index (κ1) is 12.4. The molecule has 0 aliphatic rings. The van der Waals surface area contributed by atoms with E-state index in [4.69, 9.17) is 4.74 Å². The van der Waals surface area contributed by atoms with Crippen molar-refractivity contribution < 1.29 is 13.9 Å². The van der Waals surface area contributed by atoms with Crippen LogP contribution in [-0.4, -0.2) is 31.3 Å². The normalized spacial score (nSPS) is 9.88. The Kier molecular flexibility index (Phi) is 5.21. The van der Waals surface area contributed by atoms with Gasteiger partial charge in [0.05, 0.1) is 18.8 Å². The number of nitrogens with one attached hydrogen (secondary N) is 2. The molecule has 0 saturated carbocycles. The maximum absolute atomic E-state index is 13.1. The van der Waals surface area contributed by atoms with Crippen molar-refractivity contribution in [2.75, 3.05) is 20.3 Å². The summed E-state index contributed by atoms with van der Waals surface area (Å²) in [6.07, 6.45) is 1.48. The zero-order chi connectivity index (χ0) is 11.8. The number of hydrogen-bond acceptors (Lipinski definition) is 3. The average molecular weight is 227 g/mol. The van der Waals surface area contributed by atoms with Crippen LogP contribution in [0.25, 0.3) is 0 Å². The molecule has 0 bridgehead atoms. The average Bonchev–Trinajstić information content (AvgIpc) is 2.28. The number of rotatable bonds is 5. The number of amides is 2. The van der Waals surface area contributed by atoms with Gasteiger partial charge >= 0.3 is 6.03 Å². The largest absolute Gasteiger partial charge is 0.383 e. The van der Waals surface area contributed by atoms with Gasteiger partial charge in [-0.05, 0) is 12.1 Å². The summed E-state index contributed by atoms with van der Waals surface area (Å²) in [5.41, 5.74) is 0.212. The van der Waals surface area contributed by atoms with Crippen molar-refractivity contribution in [3.8, 4) is 0 Å². The minimum Gasteiger partial charge on any atom is -0.383 e. The third kappa shape index (κ3) is 4.22. The summed E-state index contributed by atoms with van der Waals surface area (Å²) in [5.74, 6) is -0.431. The molecule has 2 N–H and O–H groups in total. The summed E-state index contributed by atoms with van der Waals surface area (Å²) in [6, 6.07) is 2.42. The van der Waals surface area contributed by atoms with E-state index < -0.39 is 5.82 Å². The van der Waals surface area contributed by atoms with Crippen molar-refractivity contribution in [2.24, 2.45) is 0 Å². The van der Waals surface area contributed by atoms with E-state index in [0.29, 0.717) is 13.2 Å². The van der Waals surface area contributed by atoms with Gasteiger partial charge in [0, 0.05) is 19.9 Å². The van der Waals surface area contributed by atoms with Gasteiger partial charge in [-0.2, -0.15) is 0 Å². The third-order valence-corrected chi connectivity index (χ3v) is 1.84. The molecule has 0 spiro atoms. The standard InChI is InChI=1S/C10H14FN3O2/c1-16-6-5-13-10(15)14-7-9-8(11)3-2-4-12-9/h2-4H,5-7H2,1H3,(H2,13,14,15). The van der Waals surface area contributed by atoms with Crippen molar-refractivity contribution in [3.63, 3.8) is 0 Å². The van der Waals surface area contributed by atoms with Crippen molar-refractivity contribution in [1.29, 1.82) is 0 Å². The Morgan fingerprint density at radius 3 is 3.06 bits per heavy atom. The monoisotopic (exact) mass is 227 g/mol. The number of urea groups is 1. The van der Waals surface area contributed by atoms with Crippen LogP contribution in [0, 0.1) is 5.82 Å². The topological polar surface area (TPSA) is 63.2 Å². The molecule has 0 atom stereocenters. The van der Waals surface area contributed by atoms with E-state index in [1.807, 2.05) is 0 Å². The number of halogens is 1. The van der Waals surface area contributed by atoms with Gasteiger partial charge in [-0.1, -0.05) is 0 Å². The molecule has 0 aliphatic carbocycles. The summed E-state index contributed by atoms with van der Waals surface area (Å²) in [7, 11) is 1.54. The molecule has 16 heavy (non-hydrogen) atoms. The van der Waals surface area contributed by atoms with E-state index in [-0.39, 0.29) is 18.3 Å². The Balaban J connectivity index is 2.29. The molecule has 0 aromatic carbocycles. The summed E-state index contributed by atoms with van der Waals surface area (Å²) in [5, 5.41) is 5.04. The zero-order valence-electron chi connectivity index (χ0n) is 9.00. The molecule has 0 fully saturated rings. The van der Waals surface area contributed by atoms with Gasteiger partial charge in [0.25, 0.3) is 0 Å². The van der Waals surface area contributed by atoms with Gasteiger partial charge in [-0.25, -0.2) is 9.18 Å². The molecule has 0 aliphatic heterocycles. The highest BCUT2D eigenvalue weighted by Crippen LogP contribution is 2.01. The van der Waals surface area contributed by atoms with Crippen LogP contribution in [0.5, 0.6) is 0 Å². The number of methoxy groups -OCH3 is 1. The van der Waals surface area contributed by atoms with E-state index >= 15 is 0 Å². The lowest BCUT2D eigenvalue weighted by atomic mass is 10.3. The number of ether oxygens (including phenoxy) is 1. The summed E-state index contributed by atoms with van der Waals surface area (Å²) < 4.78 is 17.9. The summed E-state index contributed by atoms with van der Waals surface area (Å²) in [6.45, 7) is 0.907. The van der Waals surface area contributed by atoms with Crippen molar-refractivity contribution in [2.45, 2.75) is 6.54 Å². The van der Waals surface area contributed by atoms with Crippen LogP contribution in [-0.2, 0) is 11.3 Å². The molecule has 1 rings (SSSR count). The van der Waals surface area contributed by atoms with Crippen LogP contribution in [0.4, 0.5) is 9.18 Å². The van der Waals surface area contributed by atoms with Crippen LogP contribution in [0.2, 0.25) is 0 Å². The minimum absolute atomic E-state index is 0.0610. The molecule has 1 aromatic rings. The minimum atomic E-state index is -0.431. The molecule has 88 valence electrons. The number of pyridine rings is 1. The molecular formula is C10H14FN3O2. The highest BCUT2D eigenvalue weighted by atomic mass is 19.1. The first-order valence-corrected chi connectivity index (χ1v) is 4.84. The van der Waals surface area contributed by atoms with Gasteiger partial charge in [-0.15, -0.1) is 0 Å². The smallest absolute Gasteiger partial charge is 0.315 e. The quantitative estimate of drug-likeness (QED) is 0.726. The summed E-state index contributed by atoms with van der Waals surface area (Å²) >= 11 is 0. The maximum atomic E-state index is 13.1. The number of aromatic nitrogens is 1. The van der Waals surface area contributed by atoms with Crippen LogP contribution in [0.1, 0.15) is 5.69 Å². The summed E-state index contributed by atoms with van der Waals surface area (Å²) in [4.78, 5) is 15.0. The van der Waals surface area contributed by atoms with E-state index in [9.17, 15) is 9.18 Å². The Morgan fingerprint density at radius 1 is 1.56 bits per heavy atom. The fraction of sp³-hybridized carbons (Fsp3) is 0.400. The Labute approximate surface area is 93.0 Å². The first-order chi connectivity index (χ1) is 7.74. The van der Waals surface area contributed by atoms with E-state index in [1.54, 1.807) is 7.11 Å². The number of hydrogen-bond donors (Lipinski definition) is 2. The predicted octanol–water partition coefficient (Wildman–Crippen LogP) is 0.666. The molecule has 0 saturated heterocycles. The van der Waals surface area contributed by atoms with Gasteiger partial charge in [0.2, 0.25) is 0 Å². The lowest BCUT2D eigenvalue weighted by Crippen LogP contribution is -2.37. The molecule has 1 aromatic heterocycles. The van der Waals surface area contributed by atoms with Gasteiger partial charge in [0.1, 0.15) is 5.82 Å². The molecule has 0 radical (unpaired) electrons.